The molecule has 0 spiro atoms. The minimum atomic E-state index is -0.00360. The molecule has 1 aliphatic carbocycles. The van der Waals surface area contributed by atoms with Crippen molar-refractivity contribution in [2.45, 2.75) is 12.8 Å². The van der Waals surface area contributed by atoms with E-state index in [-0.39, 0.29) is 11.8 Å². The van der Waals surface area contributed by atoms with Crippen molar-refractivity contribution in [2.75, 3.05) is 17.7 Å². The van der Waals surface area contributed by atoms with Gasteiger partial charge in [-0.05, 0) is 42.7 Å². The summed E-state index contributed by atoms with van der Waals surface area (Å²) in [6.45, 7) is 0. The molecular formula is C23H18N6O2. The third-order valence-corrected chi connectivity index (χ3v) is 5.20. The molecule has 5 rings (SSSR count). The zero-order valence-corrected chi connectivity index (χ0v) is 16.7. The van der Waals surface area contributed by atoms with Gasteiger partial charge in [-0.15, -0.1) is 0 Å². The summed E-state index contributed by atoms with van der Waals surface area (Å²) in [5.74, 6) is 1.66. The number of hydrogen-bond acceptors (Lipinski definition) is 7. The van der Waals surface area contributed by atoms with Crippen LogP contribution >= 0.6 is 0 Å². The van der Waals surface area contributed by atoms with Gasteiger partial charge in [-0.25, -0.2) is 15.0 Å². The summed E-state index contributed by atoms with van der Waals surface area (Å²) >= 11 is 0. The Hall–Kier alpha value is -4.25. The number of hydrogen-bond donors (Lipinski definition) is 2. The molecule has 1 aromatic carbocycles. The fourth-order valence-corrected chi connectivity index (χ4v) is 3.44. The van der Waals surface area contributed by atoms with Crippen LogP contribution in [-0.4, -0.2) is 27.9 Å². The number of pyridine rings is 2. The molecule has 0 saturated heterocycles. The third-order valence-electron chi connectivity index (χ3n) is 5.20. The van der Waals surface area contributed by atoms with Gasteiger partial charge in [0.2, 0.25) is 11.8 Å². The molecule has 152 valence electrons. The molecule has 0 bridgehead atoms. The van der Waals surface area contributed by atoms with E-state index in [0.717, 1.165) is 29.2 Å². The summed E-state index contributed by atoms with van der Waals surface area (Å²) in [6, 6.07) is 9.35. The molecule has 2 N–H and O–H groups in total. The predicted octanol–water partition coefficient (Wildman–Crippen LogP) is 4.36. The van der Waals surface area contributed by atoms with E-state index < -0.39 is 0 Å². The van der Waals surface area contributed by atoms with E-state index >= 15 is 0 Å². The maximum Gasteiger partial charge on any atom is 0.229 e. The van der Waals surface area contributed by atoms with Gasteiger partial charge in [0, 0.05) is 42.2 Å². The van der Waals surface area contributed by atoms with E-state index in [1.165, 1.54) is 6.08 Å². The second kappa shape index (κ2) is 7.54. The van der Waals surface area contributed by atoms with Crippen LogP contribution in [0.5, 0.6) is 0 Å². The second-order valence-electron chi connectivity index (χ2n) is 7.36. The minimum absolute atomic E-state index is 0.00360. The smallest absolute Gasteiger partial charge is 0.229 e. The highest BCUT2D eigenvalue weighted by molar-refractivity contribution is 6.03. The van der Waals surface area contributed by atoms with E-state index in [1.807, 2.05) is 30.3 Å². The van der Waals surface area contributed by atoms with Crippen molar-refractivity contribution in [2.24, 2.45) is 5.92 Å². The highest BCUT2D eigenvalue weighted by atomic mass is 16.3. The molecule has 3 aromatic heterocycles. The molecule has 3 heterocycles. The Morgan fingerprint density at radius 3 is 2.87 bits per heavy atom. The van der Waals surface area contributed by atoms with Gasteiger partial charge in [0.1, 0.15) is 17.2 Å². The molecule has 0 radical (unpaired) electrons. The van der Waals surface area contributed by atoms with Crippen LogP contribution in [0.1, 0.15) is 18.4 Å². The molecular weight excluding hydrogens is 392 g/mol. The van der Waals surface area contributed by atoms with Gasteiger partial charge < -0.3 is 15.1 Å². The van der Waals surface area contributed by atoms with E-state index in [9.17, 15) is 4.79 Å². The van der Waals surface area contributed by atoms with E-state index in [1.54, 1.807) is 25.5 Å². The van der Waals surface area contributed by atoms with Crippen LogP contribution in [0.2, 0.25) is 0 Å². The first-order valence-corrected chi connectivity index (χ1v) is 9.91. The van der Waals surface area contributed by atoms with Gasteiger partial charge in [-0.1, -0.05) is 6.07 Å². The Balaban J connectivity index is 1.61. The van der Waals surface area contributed by atoms with Crippen molar-refractivity contribution in [3.63, 3.8) is 0 Å². The molecule has 1 saturated carbocycles. The predicted molar refractivity (Wildman–Crippen MR) is 118 cm³/mol. The summed E-state index contributed by atoms with van der Waals surface area (Å²) in [7, 11) is 1.79. The second-order valence-corrected chi connectivity index (χ2v) is 7.36. The average molecular weight is 410 g/mol. The Kier molecular flexibility index (Phi) is 4.56. The molecule has 4 aromatic rings. The van der Waals surface area contributed by atoms with Gasteiger partial charge in [0.15, 0.2) is 5.58 Å². The molecule has 0 atom stereocenters. The summed E-state index contributed by atoms with van der Waals surface area (Å²) in [6.07, 6.45) is 8.36. The molecule has 1 aliphatic rings. The lowest BCUT2D eigenvalue weighted by Gasteiger charge is -2.10. The van der Waals surface area contributed by atoms with Crippen LogP contribution in [0.4, 0.5) is 11.6 Å². The number of amides is 1. The lowest BCUT2D eigenvalue weighted by Crippen LogP contribution is -2.14. The zero-order valence-electron chi connectivity index (χ0n) is 16.7. The highest BCUT2D eigenvalue weighted by Crippen LogP contribution is 2.35. The van der Waals surface area contributed by atoms with E-state index in [2.05, 4.69) is 25.6 Å². The van der Waals surface area contributed by atoms with Crippen molar-refractivity contribution in [3.8, 4) is 17.5 Å². The molecule has 31 heavy (non-hydrogen) atoms. The van der Waals surface area contributed by atoms with Crippen LogP contribution < -0.4 is 10.6 Å². The van der Waals surface area contributed by atoms with Gasteiger partial charge in [-0.2, -0.15) is 5.26 Å². The van der Waals surface area contributed by atoms with Crippen molar-refractivity contribution in [1.29, 1.82) is 5.26 Å². The molecule has 0 aliphatic heterocycles. The molecule has 8 heteroatoms. The van der Waals surface area contributed by atoms with Gasteiger partial charge in [0.25, 0.3) is 0 Å². The summed E-state index contributed by atoms with van der Waals surface area (Å²) < 4.78 is 6.00. The summed E-state index contributed by atoms with van der Waals surface area (Å²) in [4.78, 5) is 25.7. The lowest BCUT2D eigenvalue weighted by molar-refractivity contribution is -0.117. The monoisotopic (exact) mass is 410 g/mol. The van der Waals surface area contributed by atoms with E-state index in [4.69, 9.17) is 9.68 Å². The quantitative estimate of drug-likeness (QED) is 0.469. The number of rotatable bonds is 5. The Morgan fingerprint density at radius 2 is 2.10 bits per heavy atom. The number of anilines is 2. The largest absolute Gasteiger partial charge is 0.436 e. The maximum absolute atomic E-state index is 12.2. The third kappa shape index (κ3) is 3.57. The first-order chi connectivity index (χ1) is 15.2. The minimum Gasteiger partial charge on any atom is -0.436 e. The number of fused-ring (bicyclic) bond motifs is 2. The van der Waals surface area contributed by atoms with Crippen LogP contribution in [0, 0.1) is 17.2 Å². The zero-order chi connectivity index (χ0) is 21.4. The molecule has 8 nitrogen and oxygen atoms in total. The Labute approximate surface area is 177 Å². The first kappa shape index (κ1) is 18.8. The van der Waals surface area contributed by atoms with Gasteiger partial charge in [-0.3, -0.25) is 4.79 Å². The van der Waals surface area contributed by atoms with E-state index in [0.29, 0.717) is 34.2 Å². The average Bonchev–Trinajstić information content (AvgIpc) is 3.56. The highest BCUT2D eigenvalue weighted by Gasteiger charge is 2.30. The molecule has 0 unspecified atom stereocenters. The van der Waals surface area contributed by atoms with Crippen molar-refractivity contribution < 1.29 is 9.21 Å². The van der Waals surface area contributed by atoms with Crippen LogP contribution in [0.15, 0.2) is 47.2 Å². The standard InChI is InChI=1S/C23H18N6O2/c1-25-21-16-11-26-20(29-22(30)14-5-6-14)10-15(16)17(12-27-21)23-28-18-9-13(3-2-8-24)4-7-19(18)31-23/h2-4,7,9-12,14H,5-6H2,1H3,(H,25,27)(H,26,29,30). The van der Waals surface area contributed by atoms with Crippen molar-refractivity contribution >= 4 is 45.5 Å². The van der Waals surface area contributed by atoms with Crippen LogP contribution in [0.3, 0.4) is 0 Å². The summed E-state index contributed by atoms with van der Waals surface area (Å²) in [5, 5.41) is 16.3. The Bertz CT molecular complexity index is 1390. The summed E-state index contributed by atoms with van der Waals surface area (Å²) in [5.41, 5.74) is 2.86. The fourth-order valence-electron chi connectivity index (χ4n) is 3.44. The van der Waals surface area contributed by atoms with Crippen molar-refractivity contribution in [1.82, 2.24) is 15.0 Å². The number of carbonyl (C=O) groups excluding carboxylic acids is 1. The number of carbonyl (C=O) groups is 1. The molecule has 1 amide bonds. The SMILES string of the molecule is CNc1ncc(-c2nc3cc(C=CC#N)ccc3o2)c2cc(NC(=O)C3CC3)ncc12. The first-order valence-electron chi connectivity index (χ1n) is 9.91. The number of allylic oxidation sites excluding steroid dienone is 1. The van der Waals surface area contributed by atoms with Crippen molar-refractivity contribution in [3.05, 3.63) is 48.3 Å². The maximum atomic E-state index is 12.2. The van der Waals surface area contributed by atoms with Crippen LogP contribution in [-0.2, 0) is 4.79 Å². The van der Waals surface area contributed by atoms with Gasteiger partial charge in [0.05, 0.1) is 11.6 Å². The molecule has 1 fully saturated rings. The topological polar surface area (TPSA) is 117 Å². The number of nitrogens with one attached hydrogen (secondary N) is 2. The fraction of sp³-hybridized carbons (Fsp3) is 0.174. The number of benzene rings is 1. The van der Waals surface area contributed by atoms with Crippen LogP contribution in [0.25, 0.3) is 39.4 Å². The number of nitriles is 1. The van der Waals surface area contributed by atoms with Gasteiger partial charge >= 0.3 is 0 Å². The normalized spacial score (nSPS) is 13.5. The lowest BCUT2D eigenvalue weighted by atomic mass is 10.1. The number of nitrogens with zero attached hydrogens (tertiary/aromatic N) is 4. The number of aromatic nitrogens is 3. The number of oxazole rings is 1. The Morgan fingerprint density at radius 1 is 1.23 bits per heavy atom.